The molecule has 20 heteroatoms. The van der Waals surface area contributed by atoms with E-state index in [9.17, 15) is 43.5 Å². The molecule has 1 aromatic heterocycles. The largest absolute Gasteiger partial charge is 0.481 e. The molecule has 1 fully saturated rings. The fourth-order valence-corrected chi connectivity index (χ4v) is 8.99. The van der Waals surface area contributed by atoms with Crippen molar-refractivity contribution >= 4 is 33.4 Å². The van der Waals surface area contributed by atoms with E-state index in [0.717, 1.165) is 75.0 Å². The van der Waals surface area contributed by atoms with Gasteiger partial charge >= 0.3 is 33.3 Å². The number of carbonyl (C=O) groups is 2. The predicted octanol–water partition coefficient (Wildman–Crippen LogP) is 10.1. The summed E-state index contributed by atoms with van der Waals surface area (Å²) in [6.45, 7) is 2.02. The standard InChI is InChI=1S/C50H81N3O15P2/c1-3-5-7-9-11-13-15-17-18-19-20-21-22-24-25-27-29-31-33-35-45(54)63-39-42(66-46(55)36-34-32-30-28-26-23-16-14-12-10-8-6-4-2)40-64-69(59,60)68-70(61,62)65-41-43-47(56)48(57)49(67-43)53-38-37-44(51)52-50(53)58/h11,13-14,16-18,20-21,24-25,29,31,37-38,42-43,47-49,56-57H,3-10,12,15,19,22-23,26-28,30,32-36,39-41H2,1-2H3,(H,59,60)(H,61,62)(H2,51,52,58)/b13-11-,16-14-,18-17-,21-20-,25-24-,31-29-/t42-,43-,47+,48?,49-/m1/s1. The van der Waals surface area contributed by atoms with Crippen LogP contribution in [0.3, 0.4) is 0 Å². The van der Waals surface area contributed by atoms with Crippen molar-refractivity contribution in [2.24, 2.45) is 0 Å². The fourth-order valence-electron chi connectivity index (χ4n) is 6.88. The Balaban J connectivity index is 1.84. The van der Waals surface area contributed by atoms with Gasteiger partial charge in [-0.15, -0.1) is 0 Å². The lowest BCUT2D eigenvalue weighted by atomic mass is 10.1. The first-order valence-corrected chi connectivity index (χ1v) is 27.9. The summed E-state index contributed by atoms with van der Waals surface area (Å²) < 4.78 is 56.6. The molecular formula is C50H81N3O15P2. The van der Waals surface area contributed by atoms with E-state index in [2.05, 4.69) is 77.8 Å². The maximum atomic E-state index is 12.8. The molecule has 1 aliphatic rings. The summed E-state index contributed by atoms with van der Waals surface area (Å²) in [6.07, 6.45) is 38.6. The molecule has 7 atom stereocenters. The van der Waals surface area contributed by atoms with Gasteiger partial charge in [0, 0.05) is 19.0 Å². The number of rotatable bonds is 40. The van der Waals surface area contributed by atoms with E-state index < -0.39 is 83.7 Å². The van der Waals surface area contributed by atoms with Crippen LogP contribution in [0.5, 0.6) is 0 Å². The molecule has 18 nitrogen and oxygen atoms in total. The van der Waals surface area contributed by atoms with Crippen LogP contribution in [0.2, 0.25) is 0 Å². The number of nitrogen functional groups attached to an aromatic ring is 1. The van der Waals surface area contributed by atoms with Crippen molar-refractivity contribution in [3.8, 4) is 0 Å². The van der Waals surface area contributed by atoms with Gasteiger partial charge in [0.15, 0.2) is 12.3 Å². The number of ether oxygens (including phenoxy) is 3. The van der Waals surface area contributed by atoms with Gasteiger partial charge in [0.25, 0.3) is 0 Å². The highest BCUT2D eigenvalue weighted by Gasteiger charge is 2.46. The third-order valence-corrected chi connectivity index (χ3v) is 13.4. The van der Waals surface area contributed by atoms with Crippen LogP contribution in [0, 0.1) is 0 Å². The Kier molecular flexibility index (Phi) is 33.7. The molecule has 3 unspecified atom stereocenters. The third kappa shape index (κ3) is 30.2. The van der Waals surface area contributed by atoms with Gasteiger partial charge in [0.2, 0.25) is 0 Å². The number of nitrogens with two attached hydrogens (primary N) is 1. The van der Waals surface area contributed by atoms with E-state index in [-0.39, 0.29) is 18.7 Å². The van der Waals surface area contributed by atoms with E-state index in [1.807, 2.05) is 18.2 Å². The summed E-state index contributed by atoms with van der Waals surface area (Å²) in [5.74, 6) is -1.41. The van der Waals surface area contributed by atoms with Gasteiger partial charge in [0.1, 0.15) is 30.7 Å². The fraction of sp³-hybridized carbons (Fsp3) is 0.640. The molecule has 1 saturated heterocycles. The molecule has 396 valence electrons. The van der Waals surface area contributed by atoms with E-state index in [0.29, 0.717) is 19.3 Å². The molecule has 1 aliphatic heterocycles. The van der Waals surface area contributed by atoms with Gasteiger partial charge in [-0.2, -0.15) is 9.29 Å². The number of nitrogens with zero attached hydrogens (tertiary/aromatic N) is 2. The molecule has 6 N–H and O–H groups in total. The summed E-state index contributed by atoms with van der Waals surface area (Å²) in [5, 5.41) is 20.9. The molecule has 0 saturated carbocycles. The molecule has 0 aliphatic carbocycles. The second kappa shape index (κ2) is 37.9. The minimum absolute atomic E-state index is 0.00117. The normalized spacial score (nSPS) is 19.9. The summed E-state index contributed by atoms with van der Waals surface area (Å²) in [6, 6.07) is 1.24. The molecule has 0 amide bonds. The summed E-state index contributed by atoms with van der Waals surface area (Å²) >= 11 is 0. The molecule has 2 heterocycles. The molecule has 0 spiro atoms. The zero-order chi connectivity index (χ0) is 51.3. The van der Waals surface area contributed by atoms with E-state index in [1.165, 1.54) is 51.0 Å². The van der Waals surface area contributed by atoms with Crippen molar-refractivity contribution in [1.82, 2.24) is 9.55 Å². The van der Waals surface area contributed by atoms with E-state index in [1.54, 1.807) is 0 Å². The van der Waals surface area contributed by atoms with Gasteiger partial charge in [-0.3, -0.25) is 23.2 Å². The molecular weight excluding hydrogens is 945 g/mol. The third-order valence-electron chi connectivity index (χ3n) is 10.8. The second-order valence-electron chi connectivity index (χ2n) is 17.0. The van der Waals surface area contributed by atoms with Crippen LogP contribution in [0.15, 0.2) is 90.0 Å². The van der Waals surface area contributed by atoms with Crippen LogP contribution >= 0.6 is 15.6 Å². The number of hydrogen-bond donors (Lipinski definition) is 5. The Hall–Kier alpha value is -3.80. The van der Waals surface area contributed by atoms with Crippen LogP contribution in [0.25, 0.3) is 0 Å². The number of aromatic nitrogens is 2. The van der Waals surface area contributed by atoms with Crippen LogP contribution in [0.1, 0.15) is 161 Å². The number of unbranched alkanes of at least 4 members (excludes halogenated alkanes) is 12. The summed E-state index contributed by atoms with van der Waals surface area (Å²) in [7, 11) is -10.9. The maximum Gasteiger partial charge on any atom is 0.481 e. The quantitative estimate of drug-likeness (QED) is 0.0177. The zero-order valence-electron chi connectivity index (χ0n) is 41.3. The zero-order valence-corrected chi connectivity index (χ0v) is 43.1. The van der Waals surface area contributed by atoms with Crippen LogP contribution < -0.4 is 11.4 Å². The lowest BCUT2D eigenvalue weighted by Gasteiger charge is -2.21. The van der Waals surface area contributed by atoms with Gasteiger partial charge in [0.05, 0.1) is 13.2 Å². The Morgan fingerprint density at radius 3 is 1.79 bits per heavy atom. The van der Waals surface area contributed by atoms with Gasteiger partial charge in [-0.25, -0.2) is 13.9 Å². The van der Waals surface area contributed by atoms with Crippen molar-refractivity contribution in [3.63, 3.8) is 0 Å². The first-order chi connectivity index (χ1) is 33.7. The Bertz CT molecular complexity index is 1950. The van der Waals surface area contributed by atoms with E-state index in [4.69, 9.17) is 29.0 Å². The van der Waals surface area contributed by atoms with Gasteiger partial charge in [-0.1, -0.05) is 138 Å². The number of carbonyl (C=O) groups excluding carboxylic acids is 2. The predicted molar refractivity (Wildman–Crippen MR) is 270 cm³/mol. The van der Waals surface area contributed by atoms with Crippen molar-refractivity contribution in [2.45, 2.75) is 186 Å². The average molecular weight is 1030 g/mol. The number of aliphatic hydroxyl groups excluding tert-OH is 2. The highest BCUT2D eigenvalue weighted by atomic mass is 31.3. The van der Waals surface area contributed by atoms with Crippen LogP contribution in [0.4, 0.5) is 5.82 Å². The van der Waals surface area contributed by atoms with Crippen molar-refractivity contribution in [2.75, 3.05) is 25.6 Å². The first-order valence-electron chi connectivity index (χ1n) is 24.9. The molecule has 0 radical (unpaired) electrons. The van der Waals surface area contributed by atoms with Gasteiger partial charge < -0.3 is 39.9 Å². The molecule has 0 aromatic carbocycles. The Morgan fingerprint density at radius 1 is 0.686 bits per heavy atom. The van der Waals surface area contributed by atoms with Crippen molar-refractivity contribution in [3.05, 3.63) is 95.7 Å². The average Bonchev–Trinajstić information content (AvgIpc) is 3.59. The lowest BCUT2D eigenvalue weighted by Crippen LogP contribution is -2.36. The lowest BCUT2D eigenvalue weighted by molar-refractivity contribution is -0.161. The minimum atomic E-state index is -5.44. The topological polar surface area (TPSA) is 265 Å². The highest BCUT2D eigenvalue weighted by molar-refractivity contribution is 7.61. The number of phosphoric acid groups is 2. The second-order valence-corrected chi connectivity index (χ2v) is 20.0. The van der Waals surface area contributed by atoms with Crippen molar-refractivity contribution in [1.29, 1.82) is 0 Å². The molecule has 1 aromatic rings. The van der Waals surface area contributed by atoms with Crippen LogP contribution in [-0.2, 0) is 46.3 Å². The number of anilines is 1. The van der Waals surface area contributed by atoms with E-state index >= 15 is 0 Å². The first kappa shape index (κ1) is 62.3. The number of allylic oxidation sites excluding steroid dienone is 12. The number of aliphatic hydroxyl groups is 2. The summed E-state index contributed by atoms with van der Waals surface area (Å²) in [5.41, 5.74) is 4.58. The monoisotopic (exact) mass is 1030 g/mol. The molecule has 0 bridgehead atoms. The Morgan fingerprint density at radius 2 is 1.19 bits per heavy atom. The van der Waals surface area contributed by atoms with Crippen LogP contribution in [-0.4, -0.2) is 85.7 Å². The SMILES string of the molecule is CCCCC/C=C\C/C=C\C/C=C\C/C=C\C/C=C\CCC(=O)OC[C@H](COP(=O)(O)OP(=O)(O)OC[C@H]1O[C@@H](n2ccc(N)nc2=O)C(O)[C@H]1O)OC(=O)CCCCCCC/C=C\CCCCCC. The summed E-state index contributed by atoms with van der Waals surface area (Å²) in [4.78, 5) is 61.8. The molecule has 2 rings (SSSR count). The molecule has 70 heavy (non-hydrogen) atoms. The number of esters is 2. The Labute approximate surface area is 415 Å². The number of phosphoric ester groups is 2. The maximum absolute atomic E-state index is 12.8. The minimum Gasteiger partial charge on any atom is -0.462 e. The number of hydrogen-bond acceptors (Lipinski definition) is 15. The smallest absolute Gasteiger partial charge is 0.462 e. The highest BCUT2D eigenvalue weighted by Crippen LogP contribution is 2.60. The van der Waals surface area contributed by atoms with Crippen molar-refractivity contribution < 1.29 is 66.3 Å². The van der Waals surface area contributed by atoms with Gasteiger partial charge in [-0.05, 0) is 83.1 Å².